The molecule has 0 bridgehead atoms. The van der Waals surface area contributed by atoms with Crippen LogP contribution in [0, 0.1) is 6.92 Å². The Hall–Kier alpha value is -4.17. The number of hydrogen-bond acceptors (Lipinski definition) is 4. The van der Waals surface area contributed by atoms with Gasteiger partial charge in [0.15, 0.2) is 0 Å². The maximum absolute atomic E-state index is 13.1. The highest BCUT2D eigenvalue weighted by Crippen LogP contribution is 2.35. The minimum absolute atomic E-state index is 0.0732. The van der Waals surface area contributed by atoms with E-state index >= 15 is 0 Å². The number of carbonyl (C=O) groups is 1. The Morgan fingerprint density at radius 3 is 2.70 bits per heavy atom. The molecule has 1 aliphatic rings. The highest BCUT2D eigenvalue weighted by atomic mass is 32.1. The van der Waals surface area contributed by atoms with Crippen LogP contribution in [0.4, 0.5) is 30.2 Å². The normalized spacial score (nSPS) is 13.5. The van der Waals surface area contributed by atoms with E-state index in [9.17, 15) is 18.0 Å². The number of pyridine rings is 1. The second kappa shape index (κ2) is 9.71. The number of benzene rings is 2. The summed E-state index contributed by atoms with van der Waals surface area (Å²) in [6, 6.07) is 13.7. The van der Waals surface area contributed by atoms with E-state index in [4.69, 9.17) is 4.98 Å². The van der Waals surface area contributed by atoms with Crippen LogP contribution < -0.4 is 10.6 Å². The lowest BCUT2D eigenvalue weighted by Gasteiger charge is -2.15. The van der Waals surface area contributed by atoms with Crippen molar-refractivity contribution in [2.45, 2.75) is 19.5 Å². The predicted molar refractivity (Wildman–Crippen MR) is 144 cm³/mol. The van der Waals surface area contributed by atoms with Crippen LogP contribution >= 0.6 is 11.3 Å². The first-order chi connectivity index (χ1) is 17.7. The van der Waals surface area contributed by atoms with E-state index < -0.39 is 17.6 Å². The van der Waals surface area contributed by atoms with Crippen LogP contribution in [0.5, 0.6) is 0 Å². The number of rotatable bonds is 5. The fourth-order valence-corrected chi connectivity index (χ4v) is 4.83. The third-order valence-electron chi connectivity index (χ3n) is 5.99. The van der Waals surface area contributed by atoms with Gasteiger partial charge >= 0.3 is 6.18 Å². The summed E-state index contributed by atoms with van der Waals surface area (Å²) in [6.45, 7) is 5.97. The van der Waals surface area contributed by atoms with Gasteiger partial charge in [-0.05, 0) is 72.8 Å². The van der Waals surface area contributed by atoms with Crippen molar-refractivity contribution in [2.24, 2.45) is 0 Å². The summed E-state index contributed by atoms with van der Waals surface area (Å²) in [5.74, 6) is -0.505. The van der Waals surface area contributed by atoms with Gasteiger partial charge in [-0.1, -0.05) is 36.4 Å². The van der Waals surface area contributed by atoms with Crippen molar-refractivity contribution < 1.29 is 18.0 Å². The fourth-order valence-electron chi connectivity index (χ4n) is 4.04. The lowest BCUT2D eigenvalue weighted by Crippen LogP contribution is -2.13. The summed E-state index contributed by atoms with van der Waals surface area (Å²) in [4.78, 5) is 18.6. The number of anilines is 3. The summed E-state index contributed by atoms with van der Waals surface area (Å²) in [6.07, 6.45) is 2.43. The number of fused-ring (bicyclic) bond motifs is 1. The summed E-state index contributed by atoms with van der Waals surface area (Å²) in [7, 11) is 0. The maximum Gasteiger partial charge on any atom is 0.416 e. The Balaban J connectivity index is 1.45. The molecule has 0 saturated carbocycles. The smallest absolute Gasteiger partial charge is 0.355 e. The minimum atomic E-state index is -4.49. The first kappa shape index (κ1) is 24.5. The van der Waals surface area contributed by atoms with Crippen molar-refractivity contribution >= 4 is 50.1 Å². The number of carbonyl (C=O) groups excluding carboxylic acids is 1. The molecule has 0 saturated heterocycles. The molecule has 0 spiro atoms. The molecule has 4 aromatic rings. The van der Waals surface area contributed by atoms with Gasteiger partial charge in [0.2, 0.25) is 0 Å². The van der Waals surface area contributed by atoms with E-state index in [1.807, 2.05) is 36.6 Å². The lowest BCUT2D eigenvalue weighted by molar-refractivity contribution is -0.137. The van der Waals surface area contributed by atoms with Gasteiger partial charge < -0.3 is 10.6 Å². The van der Waals surface area contributed by atoms with Gasteiger partial charge in [-0.15, -0.1) is 11.3 Å². The van der Waals surface area contributed by atoms with Gasteiger partial charge in [0.1, 0.15) is 4.83 Å². The van der Waals surface area contributed by atoms with Crippen LogP contribution in [-0.2, 0) is 6.18 Å². The SMILES string of the molecule is C=C1C=C(c2cc(Nc3cc(C(=O)Nc4cccc(C(F)(F)F)c4)ccc3C)c3ccsc3n2)C=CC1. The van der Waals surface area contributed by atoms with E-state index in [-0.39, 0.29) is 5.69 Å². The fraction of sp³-hybridized carbons (Fsp3) is 0.103. The number of alkyl halides is 3. The number of halogens is 3. The lowest BCUT2D eigenvalue weighted by atomic mass is 10.00. The van der Waals surface area contributed by atoms with Crippen molar-refractivity contribution in [1.82, 2.24) is 4.98 Å². The second-order valence-corrected chi connectivity index (χ2v) is 9.64. The van der Waals surface area contributed by atoms with E-state index in [0.29, 0.717) is 11.3 Å². The number of allylic oxidation sites excluding steroid dienone is 5. The molecular formula is C29H22F3N3OS. The minimum Gasteiger partial charge on any atom is -0.355 e. The highest BCUT2D eigenvalue weighted by molar-refractivity contribution is 7.16. The predicted octanol–water partition coefficient (Wildman–Crippen LogP) is 8.52. The average molecular weight is 518 g/mol. The van der Waals surface area contributed by atoms with Gasteiger partial charge in [0.05, 0.1) is 16.9 Å². The molecule has 0 radical (unpaired) electrons. The van der Waals surface area contributed by atoms with Gasteiger partial charge in [-0.25, -0.2) is 4.98 Å². The molecule has 5 rings (SSSR count). The Morgan fingerprint density at radius 2 is 1.92 bits per heavy atom. The summed E-state index contributed by atoms with van der Waals surface area (Å²) < 4.78 is 39.2. The van der Waals surface area contributed by atoms with E-state index in [0.717, 1.165) is 56.9 Å². The molecule has 4 nitrogen and oxygen atoms in total. The number of thiophene rings is 1. The molecule has 0 fully saturated rings. The van der Waals surface area contributed by atoms with Gasteiger partial charge in [0.25, 0.3) is 5.91 Å². The molecule has 1 aliphatic carbocycles. The van der Waals surface area contributed by atoms with Crippen molar-refractivity contribution in [1.29, 1.82) is 0 Å². The van der Waals surface area contributed by atoms with Crippen LogP contribution in [0.2, 0.25) is 0 Å². The first-order valence-electron chi connectivity index (χ1n) is 11.5. The molecule has 37 heavy (non-hydrogen) atoms. The van der Waals surface area contributed by atoms with Gasteiger partial charge in [0, 0.05) is 27.9 Å². The molecule has 1 amide bonds. The largest absolute Gasteiger partial charge is 0.416 e. The van der Waals surface area contributed by atoms with Crippen LogP contribution in [0.15, 0.2) is 90.4 Å². The van der Waals surface area contributed by atoms with Crippen LogP contribution in [-0.4, -0.2) is 10.9 Å². The number of aromatic nitrogens is 1. The Kier molecular flexibility index (Phi) is 6.43. The number of nitrogens with one attached hydrogen (secondary N) is 2. The molecule has 2 aromatic carbocycles. The standard InChI is InChI=1S/C29H22F3N3OS/c1-17-5-3-6-19(13-17)25-16-26(23-11-12-37-28(23)35-25)34-24-14-20(10-9-18(24)2)27(36)33-22-8-4-7-21(15-22)29(30,31)32/h3-4,6-16H,1,5H2,2H3,(H,33,36)(H,34,35). The van der Waals surface area contributed by atoms with Crippen LogP contribution in [0.3, 0.4) is 0 Å². The average Bonchev–Trinajstić information content (AvgIpc) is 3.34. The molecule has 2 aromatic heterocycles. The van der Waals surface area contributed by atoms with Gasteiger partial charge in [-0.2, -0.15) is 13.2 Å². The Morgan fingerprint density at radius 1 is 1.08 bits per heavy atom. The Labute approximate surface area is 215 Å². The van der Waals surface area contributed by atoms with Crippen molar-refractivity contribution in [2.75, 3.05) is 10.6 Å². The summed E-state index contributed by atoms with van der Waals surface area (Å²) >= 11 is 1.54. The number of nitrogens with zero attached hydrogens (tertiary/aromatic N) is 1. The van der Waals surface area contributed by atoms with Crippen LogP contribution in [0.25, 0.3) is 15.8 Å². The zero-order valence-electron chi connectivity index (χ0n) is 19.8. The quantitative estimate of drug-likeness (QED) is 0.279. The number of hydrogen-bond donors (Lipinski definition) is 2. The third kappa shape index (κ3) is 5.34. The third-order valence-corrected chi connectivity index (χ3v) is 6.79. The number of aryl methyl sites for hydroxylation is 1. The van der Waals surface area contributed by atoms with Crippen molar-refractivity contribution in [3.8, 4) is 0 Å². The molecule has 0 aliphatic heterocycles. The van der Waals surface area contributed by atoms with Crippen molar-refractivity contribution in [3.63, 3.8) is 0 Å². The summed E-state index contributed by atoms with van der Waals surface area (Å²) in [5, 5.41) is 8.93. The molecule has 0 atom stereocenters. The molecule has 186 valence electrons. The molecule has 8 heteroatoms. The molecule has 2 heterocycles. The maximum atomic E-state index is 13.1. The van der Waals surface area contributed by atoms with Crippen LogP contribution in [0.1, 0.15) is 33.6 Å². The molecule has 0 unspecified atom stereocenters. The van der Waals surface area contributed by atoms with Crippen molar-refractivity contribution in [3.05, 3.63) is 113 Å². The Bertz CT molecular complexity index is 1600. The van der Waals surface area contributed by atoms with E-state index in [2.05, 4.69) is 23.3 Å². The first-order valence-corrected chi connectivity index (χ1v) is 12.4. The topological polar surface area (TPSA) is 54.0 Å². The second-order valence-electron chi connectivity index (χ2n) is 8.75. The molecule has 2 N–H and O–H groups in total. The zero-order chi connectivity index (χ0) is 26.2. The van der Waals surface area contributed by atoms with E-state index in [1.54, 1.807) is 18.2 Å². The number of amides is 1. The van der Waals surface area contributed by atoms with E-state index in [1.165, 1.54) is 23.5 Å². The molecular weight excluding hydrogens is 495 g/mol. The van der Waals surface area contributed by atoms with Gasteiger partial charge in [-0.3, -0.25) is 4.79 Å². The monoisotopic (exact) mass is 517 g/mol. The highest BCUT2D eigenvalue weighted by Gasteiger charge is 2.30. The zero-order valence-corrected chi connectivity index (χ0v) is 20.6. The summed E-state index contributed by atoms with van der Waals surface area (Å²) in [5.41, 5.74) is 4.81.